The molecule has 0 bridgehead atoms. The first-order valence-corrected chi connectivity index (χ1v) is 10.2. The van der Waals surface area contributed by atoms with Crippen molar-refractivity contribution in [2.45, 2.75) is 51.6 Å². The standard InChI is InChI=1S/C22H28N2O4/c1-4-15-12(2)16-9-8-14(11-17(16)24-21(15)25)23-22(26)19-10-13-6-5-7-18(27-3)20(13)28-19/h5-7,10,12,14-17H,4,8-9,11H2,1-3H3,(H,23,26)(H,24,25). The van der Waals surface area contributed by atoms with E-state index in [-0.39, 0.29) is 35.6 Å². The second-order valence-electron chi connectivity index (χ2n) is 8.13. The molecular formula is C22H28N2O4. The molecule has 2 heterocycles. The van der Waals surface area contributed by atoms with Crippen LogP contribution in [-0.2, 0) is 4.79 Å². The third-order valence-electron chi connectivity index (χ3n) is 6.60. The molecule has 6 nitrogen and oxygen atoms in total. The summed E-state index contributed by atoms with van der Waals surface area (Å²) in [6.07, 6.45) is 3.59. The maximum atomic E-state index is 12.7. The third kappa shape index (κ3) is 3.25. The molecule has 2 N–H and O–H groups in total. The average molecular weight is 384 g/mol. The summed E-state index contributed by atoms with van der Waals surface area (Å²) in [4.78, 5) is 25.1. The number of carbonyl (C=O) groups is 2. The number of piperidine rings is 1. The lowest BCUT2D eigenvalue weighted by molar-refractivity contribution is -0.133. The van der Waals surface area contributed by atoms with Crippen LogP contribution < -0.4 is 15.4 Å². The highest BCUT2D eigenvalue weighted by molar-refractivity contribution is 5.97. The molecule has 1 saturated carbocycles. The SMILES string of the molecule is CCC1C(=O)NC2CC(NC(=O)c3cc4cccc(OC)c4o3)CCC2C1C. The van der Waals surface area contributed by atoms with Crippen LogP contribution in [0.5, 0.6) is 5.75 Å². The summed E-state index contributed by atoms with van der Waals surface area (Å²) in [6.45, 7) is 4.28. The summed E-state index contributed by atoms with van der Waals surface area (Å²) < 4.78 is 11.1. The Morgan fingerprint density at radius 3 is 2.93 bits per heavy atom. The molecule has 1 saturated heterocycles. The van der Waals surface area contributed by atoms with E-state index in [0.717, 1.165) is 31.1 Å². The molecule has 1 aromatic carbocycles. The molecule has 2 amide bonds. The van der Waals surface area contributed by atoms with Gasteiger partial charge >= 0.3 is 0 Å². The van der Waals surface area contributed by atoms with Crippen LogP contribution in [0.3, 0.4) is 0 Å². The maximum Gasteiger partial charge on any atom is 0.287 e. The van der Waals surface area contributed by atoms with Gasteiger partial charge in [-0.15, -0.1) is 0 Å². The van der Waals surface area contributed by atoms with Gasteiger partial charge in [-0.2, -0.15) is 0 Å². The van der Waals surface area contributed by atoms with E-state index in [9.17, 15) is 9.59 Å². The van der Waals surface area contributed by atoms with E-state index in [1.54, 1.807) is 13.2 Å². The molecule has 5 atom stereocenters. The molecule has 6 heteroatoms. The van der Waals surface area contributed by atoms with Gasteiger partial charge in [-0.1, -0.05) is 26.0 Å². The van der Waals surface area contributed by atoms with E-state index in [2.05, 4.69) is 24.5 Å². The van der Waals surface area contributed by atoms with Gasteiger partial charge in [0.1, 0.15) is 0 Å². The fraction of sp³-hybridized carbons (Fsp3) is 0.545. The number of benzene rings is 1. The Labute approximate surface area is 165 Å². The topological polar surface area (TPSA) is 80.6 Å². The minimum Gasteiger partial charge on any atom is -0.493 e. The number of carbonyl (C=O) groups excluding carboxylic acids is 2. The van der Waals surface area contributed by atoms with Crippen molar-refractivity contribution in [3.8, 4) is 5.75 Å². The molecule has 2 fully saturated rings. The lowest BCUT2D eigenvalue weighted by atomic mass is 9.67. The van der Waals surface area contributed by atoms with Crippen LogP contribution in [-0.4, -0.2) is 31.0 Å². The zero-order valence-corrected chi connectivity index (χ0v) is 16.7. The number of ether oxygens (including phenoxy) is 1. The van der Waals surface area contributed by atoms with E-state index in [0.29, 0.717) is 23.2 Å². The molecule has 150 valence electrons. The van der Waals surface area contributed by atoms with Crippen LogP contribution in [0.2, 0.25) is 0 Å². The van der Waals surface area contributed by atoms with Crippen LogP contribution in [0.4, 0.5) is 0 Å². The second-order valence-corrected chi connectivity index (χ2v) is 8.13. The van der Waals surface area contributed by atoms with Crippen LogP contribution in [0.1, 0.15) is 50.1 Å². The Bertz CT molecular complexity index is 890. The van der Waals surface area contributed by atoms with Gasteiger partial charge in [0.25, 0.3) is 5.91 Å². The fourth-order valence-electron chi connectivity index (χ4n) is 5.07. The minimum atomic E-state index is -0.219. The molecule has 5 unspecified atom stereocenters. The van der Waals surface area contributed by atoms with E-state index in [1.807, 2.05) is 18.2 Å². The van der Waals surface area contributed by atoms with Crippen molar-refractivity contribution in [3.05, 3.63) is 30.0 Å². The average Bonchev–Trinajstić information content (AvgIpc) is 3.12. The number of rotatable bonds is 4. The molecule has 28 heavy (non-hydrogen) atoms. The summed E-state index contributed by atoms with van der Waals surface area (Å²) >= 11 is 0. The molecule has 1 aliphatic heterocycles. The maximum absolute atomic E-state index is 12.7. The number of methoxy groups -OCH3 is 1. The molecule has 4 rings (SSSR count). The zero-order chi connectivity index (χ0) is 19.8. The molecule has 0 spiro atoms. The van der Waals surface area contributed by atoms with Crippen molar-refractivity contribution in [2.75, 3.05) is 7.11 Å². The van der Waals surface area contributed by atoms with Gasteiger partial charge in [0.05, 0.1) is 7.11 Å². The minimum absolute atomic E-state index is 0.0366. The van der Waals surface area contributed by atoms with Gasteiger partial charge in [-0.05, 0) is 49.7 Å². The highest BCUT2D eigenvalue weighted by Crippen LogP contribution is 2.39. The Morgan fingerprint density at radius 1 is 1.36 bits per heavy atom. The van der Waals surface area contributed by atoms with Crippen molar-refractivity contribution in [1.29, 1.82) is 0 Å². The van der Waals surface area contributed by atoms with Gasteiger partial charge in [0.2, 0.25) is 5.91 Å². The largest absolute Gasteiger partial charge is 0.493 e. The normalized spacial score (nSPS) is 29.8. The highest BCUT2D eigenvalue weighted by atomic mass is 16.5. The molecular weight excluding hydrogens is 356 g/mol. The molecule has 1 aliphatic carbocycles. The summed E-state index contributed by atoms with van der Waals surface area (Å²) in [6, 6.07) is 7.50. The lowest BCUT2D eigenvalue weighted by Gasteiger charge is -2.46. The first-order chi connectivity index (χ1) is 13.5. The number of furan rings is 1. The third-order valence-corrected chi connectivity index (χ3v) is 6.60. The quantitative estimate of drug-likeness (QED) is 0.845. The summed E-state index contributed by atoms with van der Waals surface area (Å²) in [5.74, 6) is 1.83. The number of hydrogen-bond donors (Lipinski definition) is 2. The summed E-state index contributed by atoms with van der Waals surface area (Å²) in [5.41, 5.74) is 0.581. The van der Waals surface area contributed by atoms with Gasteiger partial charge in [0.15, 0.2) is 17.1 Å². The molecule has 1 aromatic heterocycles. The smallest absolute Gasteiger partial charge is 0.287 e. The van der Waals surface area contributed by atoms with Crippen molar-refractivity contribution in [3.63, 3.8) is 0 Å². The van der Waals surface area contributed by atoms with E-state index >= 15 is 0 Å². The molecule has 2 aromatic rings. The summed E-state index contributed by atoms with van der Waals surface area (Å²) in [7, 11) is 1.58. The number of nitrogens with one attached hydrogen (secondary N) is 2. The molecule has 0 radical (unpaired) electrons. The number of fused-ring (bicyclic) bond motifs is 2. The van der Waals surface area contributed by atoms with Gasteiger partial charge < -0.3 is 19.8 Å². The van der Waals surface area contributed by atoms with Crippen molar-refractivity contribution < 1.29 is 18.7 Å². The van der Waals surface area contributed by atoms with Gasteiger partial charge in [-0.25, -0.2) is 0 Å². The van der Waals surface area contributed by atoms with Gasteiger partial charge in [-0.3, -0.25) is 9.59 Å². The fourth-order valence-corrected chi connectivity index (χ4v) is 5.07. The second kappa shape index (κ2) is 7.49. The summed E-state index contributed by atoms with van der Waals surface area (Å²) in [5, 5.41) is 7.14. The van der Waals surface area contributed by atoms with Gasteiger partial charge in [0, 0.05) is 23.4 Å². The predicted octanol–water partition coefficient (Wildman–Crippen LogP) is 3.50. The van der Waals surface area contributed by atoms with Crippen LogP contribution in [0.25, 0.3) is 11.0 Å². The van der Waals surface area contributed by atoms with E-state index < -0.39 is 0 Å². The molecule has 2 aliphatic rings. The van der Waals surface area contributed by atoms with Crippen molar-refractivity contribution in [2.24, 2.45) is 17.8 Å². The predicted molar refractivity (Wildman–Crippen MR) is 106 cm³/mol. The van der Waals surface area contributed by atoms with E-state index in [4.69, 9.17) is 9.15 Å². The lowest BCUT2D eigenvalue weighted by Crippen LogP contribution is -2.58. The van der Waals surface area contributed by atoms with Crippen molar-refractivity contribution in [1.82, 2.24) is 10.6 Å². The Balaban J connectivity index is 1.44. The highest BCUT2D eigenvalue weighted by Gasteiger charge is 2.43. The Hall–Kier alpha value is -2.50. The zero-order valence-electron chi connectivity index (χ0n) is 16.7. The van der Waals surface area contributed by atoms with E-state index in [1.165, 1.54) is 0 Å². The van der Waals surface area contributed by atoms with Crippen LogP contribution in [0, 0.1) is 17.8 Å². The first kappa shape index (κ1) is 18.8. The number of amides is 2. The monoisotopic (exact) mass is 384 g/mol. The Kier molecular flexibility index (Phi) is 5.04. The number of para-hydroxylation sites is 1. The Morgan fingerprint density at radius 2 is 2.18 bits per heavy atom. The van der Waals surface area contributed by atoms with Crippen LogP contribution in [0.15, 0.2) is 28.7 Å². The van der Waals surface area contributed by atoms with Crippen LogP contribution >= 0.6 is 0 Å². The number of hydrogen-bond acceptors (Lipinski definition) is 4. The van der Waals surface area contributed by atoms with Crippen molar-refractivity contribution >= 4 is 22.8 Å². The first-order valence-electron chi connectivity index (χ1n) is 10.2.